The molecule has 1 amide bonds. The summed E-state index contributed by atoms with van der Waals surface area (Å²) in [5.41, 5.74) is 1.92. The monoisotopic (exact) mass is 361 g/mol. The molecule has 24 heavy (non-hydrogen) atoms. The Morgan fingerprint density at radius 3 is 2.88 bits per heavy atom. The van der Waals surface area contributed by atoms with E-state index in [-0.39, 0.29) is 5.91 Å². The second-order valence-corrected chi connectivity index (χ2v) is 5.65. The van der Waals surface area contributed by atoms with Crippen molar-refractivity contribution in [2.24, 2.45) is 0 Å². The number of ether oxygens (including phenoxy) is 1. The van der Waals surface area contributed by atoms with E-state index in [0.29, 0.717) is 33.0 Å². The van der Waals surface area contributed by atoms with Crippen molar-refractivity contribution in [3.8, 4) is 5.75 Å². The topological polar surface area (TPSA) is 55.6 Å². The van der Waals surface area contributed by atoms with E-state index in [1.807, 2.05) is 24.4 Å². The minimum Gasteiger partial charge on any atom is -0.495 e. The molecule has 122 valence electrons. The van der Waals surface area contributed by atoms with E-state index < -0.39 is 0 Å². The summed E-state index contributed by atoms with van der Waals surface area (Å²) >= 11 is 12.2. The average molecular weight is 362 g/mol. The number of amides is 1. The Labute approximate surface area is 148 Å². The maximum Gasteiger partial charge on any atom is 0.248 e. The van der Waals surface area contributed by atoms with Gasteiger partial charge >= 0.3 is 0 Å². The van der Waals surface area contributed by atoms with E-state index in [1.165, 1.54) is 13.2 Å². The number of carbonyl (C=O) groups is 1. The molecule has 1 aromatic carbocycles. The van der Waals surface area contributed by atoms with Gasteiger partial charge in [-0.15, -0.1) is 0 Å². The molecular formula is C17H13Cl2N3O2. The lowest BCUT2D eigenvalue weighted by Crippen LogP contribution is -2.07. The molecule has 0 spiro atoms. The van der Waals surface area contributed by atoms with Crippen LogP contribution in [0.5, 0.6) is 5.75 Å². The molecule has 0 saturated carbocycles. The number of hydrogen-bond donors (Lipinski definition) is 1. The molecule has 0 bridgehead atoms. The predicted octanol–water partition coefficient (Wildman–Crippen LogP) is 4.30. The van der Waals surface area contributed by atoms with Crippen molar-refractivity contribution in [3.63, 3.8) is 0 Å². The quantitative estimate of drug-likeness (QED) is 0.704. The number of hydrogen-bond acceptors (Lipinski definition) is 3. The molecule has 0 atom stereocenters. The number of aromatic nitrogens is 2. The van der Waals surface area contributed by atoms with E-state index in [0.717, 1.165) is 0 Å². The molecule has 0 aliphatic carbocycles. The lowest BCUT2D eigenvalue weighted by molar-refractivity contribution is -0.111. The van der Waals surface area contributed by atoms with Gasteiger partial charge in [0, 0.05) is 18.0 Å². The Morgan fingerprint density at radius 1 is 1.29 bits per heavy atom. The summed E-state index contributed by atoms with van der Waals surface area (Å²) < 4.78 is 6.87. The largest absolute Gasteiger partial charge is 0.495 e. The van der Waals surface area contributed by atoms with Crippen LogP contribution < -0.4 is 10.1 Å². The van der Waals surface area contributed by atoms with Crippen molar-refractivity contribution < 1.29 is 9.53 Å². The van der Waals surface area contributed by atoms with Crippen LogP contribution in [-0.4, -0.2) is 22.4 Å². The maximum atomic E-state index is 12.1. The van der Waals surface area contributed by atoms with Crippen LogP contribution in [0.1, 0.15) is 5.69 Å². The Balaban J connectivity index is 1.78. The zero-order valence-corrected chi connectivity index (χ0v) is 14.2. The van der Waals surface area contributed by atoms with Crippen LogP contribution in [0.4, 0.5) is 5.69 Å². The Morgan fingerprint density at radius 2 is 2.12 bits per heavy atom. The van der Waals surface area contributed by atoms with Gasteiger partial charge in [-0.25, -0.2) is 4.98 Å². The highest BCUT2D eigenvalue weighted by atomic mass is 35.5. The fraction of sp³-hybridized carbons (Fsp3) is 0.0588. The highest BCUT2D eigenvalue weighted by molar-refractivity contribution is 6.32. The molecule has 3 rings (SSSR count). The van der Waals surface area contributed by atoms with Gasteiger partial charge in [0.1, 0.15) is 11.4 Å². The number of anilines is 1. The highest BCUT2D eigenvalue weighted by Crippen LogP contribution is 2.27. The molecule has 0 aliphatic rings. The van der Waals surface area contributed by atoms with E-state index in [9.17, 15) is 4.79 Å². The van der Waals surface area contributed by atoms with Crippen LogP contribution >= 0.6 is 23.2 Å². The van der Waals surface area contributed by atoms with Crippen LogP contribution in [-0.2, 0) is 4.79 Å². The van der Waals surface area contributed by atoms with Crippen molar-refractivity contribution in [1.29, 1.82) is 0 Å². The van der Waals surface area contributed by atoms with Gasteiger partial charge in [-0.3, -0.25) is 9.20 Å². The highest BCUT2D eigenvalue weighted by Gasteiger charge is 2.08. The third kappa shape index (κ3) is 3.37. The number of imidazole rings is 1. The lowest BCUT2D eigenvalue weighted by Gasteiger charge is -2.06. The zero-order valence-electron chi connectivity index (χ0n) is 12.7. The summed E-state index contributed by atoms with van der Waals surface area (Å²) in [6.07, 6.45) is 4.83. The first kappa shape index (κ1) is 16.4. The SMILES string of the molecule is COc1ccc(NC(=O)C=Cc2c(Cl)nc3ccccn23)cc1Cl. The first-order chi connectivity index (χ1) is 11.6. The zero-order chi connectivity index (χ0) is 17.1. The second-order valence-electron chi connectivity index (χ2n) is 4.89. The maximum absolute atomic E-state index is 12.1. The van der Waals surface area contributed by atoms with Crippen molar-refractivity contribution in [3.05, 3.63) is 64.5 Å². The van der Waals surface area contributed by atoms with Gasteiger partial charge in [0.05, 0.1) is 17.8 Å². The van der Waals surface area contributed by atoms with Gasteiger partial charge in [-0.2, -0.15) is 0 Å². The molecule has 2 aromatic heterocycles. The van der Waals surface area contributed by atoms with Gasteiger partial charge in [0.2, 0.25) is 5.91 Å². The van der Waals surface area contributed by atoms with Gasteiger partial charge in [0.25, 0.3) is 0 Å². The van der Waals surface area contributed by atoms with Crippen molar-refractivity contribution in [2.45, 2.75) is 0 Å². The molecule has 2 heterocycles. The van der Waals surface area contributed by atoms with Gasteiger partial charge in [0.15, 0.2) is 5.15 Å². The van der Waals surface area contributed by atoms with E-state index in [4.69, 9.17) is 27.9 Å². The number of pyridine rings is 1. The van der Waals surface area contributed by atoms with Crippen molar-refractivity contribution in [1.82, 2.24) is 9.38 Å². The van der Waals surface area contributed by atoms with Crippen LogP contribution in [0.3, 0.4) is 0 Å². The van der Waals surface area contributed by atoms with Gasteiger partial charge in [-0.1, -0.05) is 29.3 Å². The third-order valence-corrected chi connectivity index (χ3v) is 3.91. The van der Waals surface area contributed by atoms with E-state index >= 15 is 0 Å². The summed E-state index contributed by atoms with van der Waals surface area (Å²) in [6, 6.07) is 10.6. The standard InChI is InChI=1S/C17H13Cl2N3O2/c1-24-14-7-5-11(10-12(14)18)20-16(23)8-6-13-17(19)21-15-4-2-3-9-22(13)15/h2-10H,1H3,(H,20,23). The number of benzene rings is 1. The summed E-state index contributed by atoms with van der Waals surface area (Å²) in [5, 5.41) is 3.48. The Kier molecular flexibility index (Phi) is 4.74. The van der Waals surface area contributed by atoms with E-state index in [1.54, 1.807) is 28.7 Å². The van der Waals surface area contributed by atoms with Crippen LogP contribution in [0.25, 0.3) is 11.7 Å². The van der Waals surface area contributed by atoms with Crippen LogP contribution in [0.2, 0.25) is 10.2 Å². The normalized spacial score (nSPS) is 11.1. The first-order valence-corrected chi connectivity index (χ1v) is 7.79. The minimum absolute atomic E-state index is 0.307. The number of nitrogens with zero attached hydrogens (tertiary/aromatic N) is 2. The van der Waals surface area contributed by atoms with Crippen molar-refractivity contribution >= 4 is 46.5 Å². The van der Waals surface area contributed by atoms with Gasteiger partial charge in [-0.05, 0) is 36.4 Å². The van der Waals surface area contributed by atoms with Crippen molar-refractivity contribution in [2.75, 3.05) is 12.4 Å². The van der Waals surface area contributed by atoms with E-state index in [2.05, 4.69) is 10.3 Å². The average Bonchev–Trinajstić information content (AvgIpc) is 2.88. The summed E-state index contributed by atoms with van der Waals surface area (Å²) in [4.78, 5) is 16.3. The number of fused-ring (bicyclic) bond motifs is 1. The Hall–Kier alpha value is -2.50. The predicted molar refractivity (Wildman–Crippen MR) is 95.9 cm³/mol. The van der Waals surface area contributed by atoms with Crippen LogP contribution in [0.15, 0.2) is 48.7 Å². The Bertz CT molecular complexity index is 935. The number of rotatable bonds is 4. The fourth-order valence-electron chi connectivity index (χ4n) is 2.22. The smallest absolute Gasteiger partial charge is 0.248 e. The lowest BCUT2D eigenvalue weighted by atomic mass is 10.3. The number of nitrogens with one attached hydrogen (secondary N) is 1. The molecule has 1 N–H and O–H groups in total. The minimum atomic E-state index is -0.307. The molecule has 0 unspecified atom stereocenters. The molecule has 7 heteroatoms. The molecule has 5 nitrogen and oxygen atoms in total. The number of halogens is 2. The van der Waals surface area contributed by atoms with Gasteiger partial charge < -0.3 is 10.1 Å². The second kappa shape index (κ2) is 6.95. The summed E-state index contributed by atoms with van der Waals surface area (Å²) in [6.45, 7) is 0. The summed E-state index contributed by atoms with van der Waals surface area (Å²) in [5.74, 6) is 0.237. The molecule has 0 aliphatic heterocycles. The first-order valence-electron chi connectivity index (χ1n) is 7.03. The number of methoxy groups -OCH3 is 1. The summed E-state index contributed by atoms with van der Waals surface area (Å²) in [7, 11) is 1.53. The third-order valence-electron chi connectivity index (χ3n) is 3.33. The molecule has 0 radical (unpaired) electrons. The molecular weight excluding hydrogens is 349 g/mol. The fourth-order valence-corrected chi connectivity index (χ4v) is 2.72. The molecule has 0 saturated heterocycles. The molecule has 3 aromatic rings. The number of carbonyl (C=O) groups excluding carboxylic acids is 1. The molecule has 0 fully saturated rings. The van der Waals surface area contributed by atoms with Crippen LogP contribution in [0, 0.1) is 0 Å².